The Balaban J connectivity index is 1.68. The SMILES string of the molecule is Cc1ccnc(N2C(=O)C3=C(C(=O)C4CCCCC4O3)C2c2ccc(Cl)c(Cl)c2)c1. The van der Waals surface area contributed by atoms with Gasteiger partial charge in [-0.05, 0) is 61.6 Å². The highest BCUT2D eigenvalue weighted by Gasteiger charge is 2.52. The maximum Gasteiger partial charge on any atom is 0.295 e. The molecule has 30 heavy (non-hydrogen) atoms. The van der Waals surface area contributed by atoms with E-state index in [0.717, 1.165) is 31.2 Å². The fourth-order valence-corrected chi connectivity index (χ4v) is 5.04. The lowest BCUT2D eigenvalue weighted by Crippen LogP contribution is -2.39. The van der Waals surface area contributed by atoms with E-state index in [4.69, 9.17) is 27.9 Å². The molecular formula is C23H20Cl2N2O3. The number of fused-ring (bicyclic) bond motifs is 1. The predicted molar refractivity (Wildman–Crippen MR) is 115 cm³/mol. The number of carbonyl (C=O) groups excluding carboxylic acids is 2. The van der Waals surface area contributed by atoms with E-state index in [0.29, 0.717) is 27.0 Å². The van der Waals surface area contributed by atoms with E-state index in [1.807, 2.05) is 19.1 Å². The lowest BCUT2D eigenvalue weighted by molar-refractivity contribution is -0.131. The fraction of sp³-hybridized carbons (Fsp3) is 0.348. The molecule has 2 aliphatic heterocycles. The van der Waals surface area contributed by atoms with Crippen molar-refractivity contribution in [1.82, 2.24) is 4.98 Å². The van der Waals surface area contributed by atoms with Gasteiger partial charge >= 0.3 is 0 Å². The molecule has 1 aliphatic carbocycles. The Kier molecular flexibility index (Phi) is 4.83. The van der Waals surface area contributed by atoms with Crippen molar-refractivity contribution in [2.45, 2.75) is 44.8 Å². The van der Waals surface area contributed by atoms with Crippen LogP contribution in [0.25, 0.3) is 0 Å². The number of rotatable bonds is 2. The van der Waals surface area contributed by atoms with Crippen molar-refractivity contribution in [2.24, 2.45) is 5.92 Å². The summed E-state index contributed by atoms with van der Waals surface area (Å²) < 4.78 is 6.17. The number of pyridine rings is 1. The largest absolute Gasteiger partial charge is 0.483 e. The standard InChI is InChI=1S/C23H20Cl2N2O3/c1-12-8-9-26-18(10-12)27-20(13-6-7-15(24)16(25)11-13)19-21(28)14-4-2-3-5-17(14)30-22(19)23(27)29/h6-11,14,17,20H,2-5H2,1H3. The van der Waals surface area contributed by atoms with Gasteiger partial charge in [0.05, 0.1) is 27.6 Å². The Labute approximate surface area is 184 Å². The number of ketones is 1. The lowest BCUT2D eigenvalue weighted by atomic mass is 9.77. The van der Waals surface area contributed by atoms with Crippen LogP contribution >= 0.6 is 23.2 Å². The highest BCUT2D eigenvalue weighted by atomic mass is 35.5. The fourth-order valence-electron chi connectivity index (χ4n) is 4.73. The summed E-state index contributed by atoms with van der Waals surface area (Å²) in [5.74, 6) is 0.0884. The lowest BCUT2D eigenvalue weighted by Gasteiger charge is -2.35. The third-order valence-electron chi connectivity index (χ3n) is 6.17. The molecule has 3 unspecified atom stereocenters. The summed E-state index contributed by atoms with van der Waals surface area (Å²) in [7, 11) is 0. The zero-order chi connectivity index (χ0) is 21.0. The van der Waals surface area contributed by atoms with Crippen molar-refractivity contribution in [1.29, 1.82) is 0 Å². The van der Waals surface area contributed by atoms with E-state index < -0.39 is 6.04 Å². The molecule has 3 heterocycles. The van der Waals surface area contributed by atoms with E-state index in [2.05, 4.69) is 4.98 Å². The quantitative estimate of drug-likeness (QED) is 0.641. The first-order valence-electron chi connectivity index (χ1n) is 10.1. The molecule has 2 aromatic rings. The van der Waals surface area contributed by atoms with E-state index in [1.54, 1.807) is 29.3 Å². The molecule has 0 spiro atoms. The number of Topliss-reactive ketones (excluding diaryl/α,β-unsaturated/α-hetero) is 1. The van der Waals surface area contributed by atoms with Gasteiger partial charge in [0.25, 0.3) is 5.91 Å². The van der Waals surface area contributed by atoms with E-state index >= 15 is 0 Å². The molecule has 3 atom stereocenters. The Morgan fingerprint density at radius 3 is 2.63 bits per heavy atom. The van der Waals surface area contributed by atoms with Gasteiger partial charge in [-0.25, -0.2) is 4.98 Å². The molecule has 0 radical (unpaired) electrons. The molecule has 3 aliphatic rings. The van der Waals surface area contributed by atoms with Crippen molar-refractivity contribution in [3.8, 4) is 0 Å². The van der Waals surface area contributed by atoms with Gasteiger partial charge in [-0.3, -0.25) is 14.5 Å². The van der Waals surface area contributed by atoms with E-state index in [1.165, 1.54) is 0 Å². The zero-order valence-corrected chi connectivity index (χ0v) is 17.9. The Bertz CT molecular complexity index is 1100. The van der Waals surface area contributed by atoms with Crippen molar-refractivity contribution in [3.63, 3.8) is 0 Å². The Morgan fingerprint density at radius 2 is 1.87 bits per heavy atom. The molecule has 7 heteroatoms. The smallest absolute Gasteiger partial charge is 0.295 e. The van der Waals surface area contributed by atoms with Crippen LogP contribution in [0.4, 0.5) is 5.82 Å². The molecule has 1 saturated carbocycles. The molecule has 5 rings (SSSR count). The number of amides is 1. The summed E-state index contributed by atoms with van der Waals surface area (Å²) in [6.07, 6.45) is 5.00. The normalized spacial score (nSPS) is 25.8. The molecule has 1 aromatic heterocycles. The van der Waals surface area contributed by atoms with Gasteiger partial charge in [0.1, 0.15) is 11.9 Å². The van der Waals surface area contributed by atoms with Crippen molar-refractivity contribution in [3.05, 3.63) is 69.0 Å². The van der Waals surface area contributed by atoms with Crippen molar-refractivity contribution >= 4 is 40.7 Å². The number of aryl methyl sites for hydroxylation is 1. The van der Waals surface area contributed by atoms with Gasteiger partial charge in [-0.15, -0.1) is 0 Å². The van der Waals surface area contributed by atoms with Crippen LogP contribution in [-0.4, -0.2) is 22.8 Å². The van der Waals surface area contributed by atoms with Crippen LogP contribution in [0.15, 0.2) is 47.9 Å². The second kappa shape index (κ2) is 7.40. The number of benzene rings is 1. The molecule has 0 N–H and O–H groups in total. The number of hydrogen-bond donors (Lipinski definition) is 0. The van der Waals surface area contributed by atoms with Crippen LogP contribution in [0.1, 0.15) is 42.9 Å². The second-order valence-electron chi connectivity index (χ2n) is 8.10. The second-order valence-corrected chi connectivity index (χ2v) is 8.91. The van der Waals surface area contributed by atoms with Gasteiger partial charge in [0.2, 0.25) is 0 Å². The number of anilines is 1. The average Bonchev–Trinajstić information content (AvgIpc) is 3.03. The minimum absolute atomic E-state index is 0.000487. The number of nitrogens with zero attached hydrogens (tertiary/aromatic N) is 2. The molecule has 1 aromatic carbocycles. The minimum atomic E-state index is -0.646. The van der Waals surface area contributed by atoms with Crippen LogP contribution in [0.3, 0.4) is 0 Å². The van der Waals surface area contributed by atoms with Gasteiger partial charge < -0.3 is 4.74 Å². The van der Waals surface area contributed by atoms with Gasteiger partial charge in [-0.2, -0.15) is 0 Å². The predicted octanol–water partition coefficient (Wildman–Crippen LogP) is 5.20. The number of hydrogen-bond acceptors (Lipinski definition) is 4. The number of ether oxygens (including phenoxy) is 1. The molecule has 154 valence electrons. The number of aromatic nitrogens is 1. The topological polar surface area (TPSA) is 59.5 Å². The molecule has 1 amide bonds. The van der Waals surface area contributed by atoms with E-state index in [9.17, 15) is 9.59 Å². The molecule has 1 fully saturated rings. The maximum atomic E-state index is 13.6. The van der Waals surface area contributed by atoms with Crippen molar-refractivity contribution < 1.29 is 14.3 Å². The summed E-state index contributed by atoms with van der Waals surface area (Å²) in [6.45, 7) is 1.93. The van der Waals surface area contributed by atoms with Crippen LogP contribution < -0.4 is 4.90 Å². The van der Waals surface area contributed by atoms with Crippen LogP contribution in [0.2, 0.25) is 10.0 Å². The van der Waals surface area contributed by atoms with E-state index in [-0.39, 0.29) is 29.5 Å². The molecule has 5 nitrogen and oxygen atoms in total. The molecular weight excluding hydrogens is 423 g/mol. The van der Waals surface area contributed by atoms with Gasteiger partial charge in [0, 0.05) is 6.20 Å². The first-order valence-corrected chi connectivity index (χ1v) is 10.9. The third kappa shape index (κ3) is 3.03. The summed E-state index contributed by atoms with van der Waals surface area (Å²) in [5, 5.41) is 0.783. The monoisotopic (exact) mass is 442 g/mol. The molecule has 0 bridgehead atoms. The van der Waals surface area contributed by atoms with Crippen LogP contribution in [0.5, 0.6) is 0 Å². The number of halogens is 2. The number of carbonyl (C=O) groups is 2. The minimum Gasteiger partial charge on any atom is -0.483 e. The third-order valence-corrected chi connectivity index (χ3v) is 6.91. The van der Waals surface area contributed by atoms with Crippen molar-refractivity contribution in [2.75, 3.05) is 4.90 Å². The maximum absolute atomic E-state index is 13.6. The first-order chi connectivity index (χ1) is 14.5. The van der Waals surface area contributed by atoms with Crippen LogP contribution in [0, 0.1) is 12.8 Å². The summed E-state index contributed by atoms with van der Waals surface area (Å²) >= 11 is 12.4. The first kappa shape index (κ1) is 19.6. The summed E-state index contributed by atoms with van der Waals surface area (Å²) in [5.41, 5.74) is 2.08. The summed E-state index contributed by atoms with van der Waals surface area (Å²) in [4.78, 5) is 33.0. The summed E-state index contributed by atoms with van der Waals surface area (Å²) in [6, 6.07) is 8.24. The van der Waals surface area contributed by atoms with Gasteiger partial charge in [-0.1, -0.05) is 35.7 Å². The highest BCUT2D eigenvalue weighted by Crippen LogP contribution is 2.48. The van der Waals surface area contributed by atoms with Gasteiger partial charge in [0.15, 0.2) is 11.5 Å². The Hall–Kier alpha value is -2.37. The zero-order valence-electron chi connectivity index (χ0n) is 16.4. The van der Waals surface area contributed by atoms with Crippen LogP contribution in [-0.2, 0) is 14.3 Å². The highest BCUT2D eigenvalue weighted by molar-refractivity contribution is 6.42. The molecule has 0 saturated heterocycles. The Morgan fingerprint density at radius 1 is 1.07 bits per heavy atom. The average molecular weight is 443 g/mol.